The van der Waals surface area contributed by atoms with Crippen LogP contribution in [0.15, 0.2) is 6.07 Å². The number of ether oxygens (including phenoxy) is 1. The Kier molecular flexibility index (Phi) is 3.19. The third kappa shape index (κ3) is 2.11. The lowest BCUT2D eigenvalue weighted by Crippen LogP contribution is -2.39. The van der Waals surface area contributed by atoms with Crippen molar-refractivity contribution >= 4 is 5.97 Å². The molecule has 0 saturated heterocycles. The van der Waals surface area contributed by atoms with E-state index in [1.165, 1.54) is 12.8 Å². The highest BCUT2D eigenvalue weighted by atomic mass is 16.5. The van der Waals surface area contributed by atoms with Crippen LogP contribution in [-0.4, -0.2) is 21.9 Å². The van der Waals surface area contributed by atoms with Crippen LogP contribution < -0.4 is 0 Å². The summed E-state index contributed by atoms with van der Waals surface area (Å²) in [6.45, 7) is 11.1. The summed E-state index contributed by atoms with van der Waals surface area (Å²) in [6, 6.07) is 1.98. The molecule has 21 heavy (non-hydrogen) atoms. The monoisotopic (exact) mass is 290 g/mol. The Morgan fingerprint density at radius 3 is 2.62 bits per heavy atom. The second kappa shape index (κ2) is 4.59. The fraction of sp³-hybridized carbons (Fsp3) is 0.765. The average molecular weight is 290 g/mol. The molecule has 0 spiro atoms. The second-order valence-corrected chi connectivity index (χ2v) is 7.67. The topological polar surface area (TPSA) is 44.1 Å². The summed E-state index contributed by atoms with van der Waals surface area (Å²) in [7, 11) is 0. The van der Waals surface area contributed by atoms with Crippen LogP contribution in [0.3, 0.4) is 0 Å². The first-order chi connectivity index (χ1) is 9.74. The fourth-order valence-corrected chi connectivity index (χ4v) is 4.46. The van der Waals surface area contributed by atoms with Crippen molar-refractivity contribution in [2.75, 3.05) is 0 Å². The first kappa shape index (κ1) is 14.6. The maximum absolute atomic E-state index is 12.3. The quantitative estimate of drug-likeness (QED) is 0.803. The number of aryl methyl sites for hydroxylation is 2. The number of rotatable bonds is 3. The van der Waals surface area contributed by atoms with Crippen LogP contribution in [0.4, 0.5) is 0 Å². The van der Waals surface area contributed by atoms with Crippen molar-refractivity contribution in [1.82, 2.24) is 9.78 Å². The van der Waals surface area contributed by atoms with E-state index in [9.17, 15) is 4.79 Å². The van der Waals surface area contributed by atoms with Crippen molar-refractivity contribution in [3.63, 3.8) is 0 Å². The van der Waals surface area contributed by atoms with Crippen LogP contribution >= 0.6 is 0 Å². The van der Waals surface area contributed by atoms with Crippen molar-refractivity contribution in [3.05, 3.63) is 17.5 Å². The van der Waals surface area contributed by atoms with Crippen molar-refractivity contribution in [1.29, 1.82) is 0 Å². The number of aromatic nitrogens is 2. The molecule has 2 aliphatic rings. The number of hydrogen-bond acceptors (Lipinski definition) is 3. The summed E-state index contributed by atoms with van der Waals surface area (Å²) in [5.74, 6) is 0.532. The molecule has 2 bridgehead atoms. The Hall–Kier alpha value is -1.32. The predicted octanol–water partition coefficient (Wildman–Crippen LogP) is 3.26. The zero-order chi connectivity index (χ0) is 15.4. The number of hydrogen-bond donors (Lipinski definition) is 0. The van der Waals surface area contributed by atoms with Gasteiger partial charge in [0.05, 0.1) is 5.69 Å². The molecule has 116 valence electrons. The number of carbonyl (C=O) groups is 1. The van der Waals surface area contributed by atoms with Crippen LogP contribution in [0.5, 0.6) is 0 Å². The molecule has 1 aromatic rings. The Morgan fingerprint density at radius 1 is 1.43 bits per heavy atom. The number of esters is 1. The lowest BCUT2D eigenvalue weighted by Gasteiger charge is -2.38. The van der Waals surface area contributed by atoms with Gasteiger partial charge in [0.2, 0.25) is 0 Å². The Morgan fingerprint density at radius 2 is 2.14 bits per heavy atom. The molecule has 1 aromatic heterocycles. The van der Waals surface area contributed by atoms with E-state index in [4.69, 9.17) is 4.74 Å². The molecular formula is C17H26N2O2. The Balaban J connectivity index is 1.68. The van der Waals surface area contributed by atoms with Gasteiger partial charge in [-0.25, -0.2) is 0 Å². The highest BCUT2D eigenvalue weighted by Crippen LogP contribution is 2.66. The van der Waals surface area contributed by atoms with Crippen LogP contribution in [0.2, 0.25) is 0 Å². The Labute approximate surface area is 126 Å². The summed E-state index contributed by atoms with van der Waals surface area (Å²) in [6.07, 6.45) is 3.53. The lowest BCUT2D eigenvalue weighted by atomic mass is 9.70. The van der Waals surface area contributed by atoms with E-state index in [-0.39, 0.29) is 29.4 Å². The first-order valence-corrected chi connectivity index (χ1v) is 7.94. The minimum absolute atomic E-state index is 0.0655. The van der Waals surface area contributed by atoms with Crippen LogP contribution in [0.1, 0.15) is 51.4 Å². The zero-order valence-corrected chi connectivity index (χ0v) is 13.8. The summed E-state index contributed by atoms with van der Waals surface area (Å²) in [5.41, 5.74) is 2.34. The normalized spacial score (nSPS) is 33.4. The molecule has 3 rings (SSSR count). The zero-order valence-electron chi connectivity index (χ0n) is 13.8. The maximum atomic E-state index is 12.3. The van der Waals surface area contributed by atoms with Crippen molar-refractivity contribution < 1.29 is 9.53 Å². The van der Waals surface area contributed by atoms with E-state index < -0.39 is 0 Å². The molecule has 0 radical (unpaired) electrons. The van der Waals surface area contributed by atoms with Gasteiger partial charge in [0, 0.05) is 11.1 Å². The highest BCUT2D eigenvalue weighted by Gasteiger charge is 2.62. The Bertz CT molecular complexity index is 575. The van der Waals surface area contributed by atoms with E-state index >= 15 is 0 Å². The van der Waals surface area contributed by atoms with Gasteiger partial charge in [0.15, 0.2) is 0 Å². The lowest BCUT2D eigenvalue weighted by molar-refractivity contribution is -0.157. The van der Waals surface area contributed by atoms with E-state index in [1.54, 1.807) is 4.68 Å². The molecule has 3 atom stereocenters. The molecule has 4 nitrogen and oxygen atoms in total. The van der Waals surface area contributed by atoms with Gasteiger partial charge in [-0.1, -0.05) is 20.8 Å². The third-order valence-corrected chi connectivity index (χ3v) is 6.37. The maximum Gasteiger partial charge on any atom is 0.328 e. The third-order valence-electron chi connectivity index (χ3n) is 6.37. The average Bonchev–Trinajstić information content (AvgIpc) is 2.86. The van der Waals surface area contributed by atoms with E-state index in [0.29, 0.717) is 5.92 Å². The minimum Gasteiger partial charge on any atom is -0.460 e. The molecular weight excluding hydrogens is 264 g/mol. The van der Waals surface area contributed by atoms with Crippen molar-refractivity contribution in [2.24, 2.45) is 16.7 Å². The number of fused-ring (bicyclic) bond motifs is 2. The smallest absolute Gasteiger partial charge is 0.328 e. The van der Waals surface area contributed by atoms with Gasteiger partial charge < -0.3 is 4.74 Å². The van der Waals surface area contributed by atoms with Gasteiger partial charge in [0.25, 0.3) is 0 Å². The summed E-state index contributed by atoms with van der Waals surface area (Å²) in [4.78, 5) is 12.3. The molecule has 2 fully saturated rings. The highest BCUT2D eigenvalue weighted by molar-refractivity contribution is 5.69. The molecule has 0 aliphatic heterocycles. The molecule has 1 heterocycles. The van der Waals surface area contributed by atoms with Gasteiger partial charge in [-0.05, 0) is 50.5 Å². The van der Waals surface area contributed by atoms with E-state index in [2.05, 4.69) is 25.9 Å². The molecule has 2 aliphatic carbocycles. The van der Waals surface area contributed by atoms with Crippen LogP contribution in [-0.2, 0) is 16.1 Å². The molecule has 2 saturated carbocycles. The minimum atomic E-state index is -0.157. The van der Waals surface area contributed by atoms with Gasteiger partial charge >= 0.3 is 5.97 Å². The summed E-state index contributed by atoms with van der Waals surface area (Å²) < 4.78 is 7.59. The fourth-order valence-electron chi connectivity index (χ4n) is 4.46. The predicted molar refractivity (Wildman–Crippen MR) is 80.8 cm³/mol. The summed E-state index contributed by atoms with van der Waals surface area (Å²) >= 11 is 0. The van der Waals surface area contributed by atoms with Crippen LogP contribution in [0, 0.1) is 30.6 Å². The van der Waals surface area contributed by atoms with E-state index in [0.717, 1.165) is 17.8 Å². The van der Waals surface area contributed by atoms with Gasteiger partial charge in [0.1, 0.15) is 12.6 Å². The molecule has 4 heteroatoms. The molecule has 0 amide bonds. The SMILES string of the molecule is Cc1cc(C)n(CC(=O)OC2CC3CCC2(C)C3(C)C)n1. The number of nitrogens with zero attached hydrogens (tertiary/aromatic N) is 2. The van der Waals surface area contributed by atoms with Crippen LogP contribution in [0.25, 0.3) is 0 Å². The largest absolute Gasteiger partial charge is 0.460 e. The van der Waals surface area contributed by atoms with Gasteiger partial charge in [-0.3, -0.25) is 9.48 Å². The van der Waals surface area contributed by atoms with Crippen molar-refractivity contribution in [3.8, 4) is 0 Å². The number of carbonyl (C=O) groups excluding carboxylic acids is 1. The van der Waals surface area contributed by atoms with Gasteiger partial charge in [-0.15, -0.1) is 0 Å². The van der Waals surface area contributed by atoms with E-state index in [1.807, 2.05) is 19.9 Å². The molecule has 0 N–H and O–H groups in total. The van der Waals surface area contributed by atoms with Gasteiger partial charge in [-0.2, -0.15) is 5.10 Å². The standard InChI is InChI=1S/C17H26N2O2/c1-11-8-12(2)19(18-11)10-15(20)21-14-9-13-6-7-17(14,5)16(13,3)4/h8,13-14H,6-7,9-10H2,1-5H3. The molecule has 3 unspecified atom stereocenters. The first-order valence-electron chi connectivity index (χ1n) is 7.94. The van der Waals surface area contributed by atoms with Crippen molar-refractivity contribution in [2.45, 2.75) is 66.5 Å². The molecule has 0 aromatic carbocycles. The second-order valence-electron chi connectivity index (χ2n) is 7.67. The summed E-state index contributed by atoms with van der Waals surface area (Å²) in [5, 5.41) is 4.33.